The summed E-state index contributed by atoms with van der Waals surface area (Å²) in [7, 11) is 1.26. The van der Waals surface area contributed by atoms with Gasteiger partial charge in [0.15, 0.2) is 10.9 Å². The summed E-state index contributed by atoms with van der Waals surface area (Å²) < 4.78 is 12.5. The first-order valence-electron chi connectivity index (χ1n) is 13.3. The Bertz CT molecular complexity index is 1690. The van der Waals surface area contributed by atoms with Crippen molar-refractivity contribution in [1.82, 2.24) is 14.4 Å². The average molecular weight is 575 g/mol. The number of thiazole rings is 1. The lowest BCUT2D eigenvalue weighted by molar-refractivity contribution is -0.132. The highest BCUT2D eigenvalue weighted by Gasteiger charge is 2.49. The number of methoxy groups -OCH3 is 1. The molecule has 1 atom stereocenters. The Balaban J connectivity index is 1.69. The molecule has 1 unspecified atom stereocenters. The fraction of sp³-hybridized carbons (Fsp3) is 0.300. The normalized spacial score (nSPS) is 16.5. The first kappa shape index (κ1) is 28.0. The van der Waals surface area contributed by atoms with E-state index in [0.717, 1.165) is 30.6 Å². The van der Waals surface area contributed by atoms with Gasteiger partial charge in [-0.1, -0.05) is 49.3 Å². The topological polar surface area (TPSA) is 123 Å². The maximum atomic E-state index is 13.7. The van der Waals surface area contributed by atoms with Gasteiger partial charge < -0.3 is 14.6 Å². The molecular weight excluding hydrogens is 544 g/mol. The number of pyridine rings is 1. The quantitative estimate of drug-likeness (QED) is 0.0928. The van der Waals surface area contributed by atoms with Crippen molar-refractivity contribution in [3.63, 3.8) is 0 Å². The molecule has 1 fully saturated rings. The van der Waals surface area contributed by atoms with Gasteiger partial charge in [-0.3, -0.25) is 18.9 Å². The lowest BCUT2D eigenvalue weighted by atomic mass is 9.96. The van der Waals surface area contributed by atoms with Crippen LogP contribution in [0, 0.1) is 13.8 Å². The molecule has 3 aromatic heterocycles. The van der Waals surface area contributed by atoms with Crippen LogP contribution in [0.25, 0.3) is 11.4 Å². The summed E-state index contributed by atoms with van der Waals surface area (Å²) in [6.45, 7) is 5.99. The van der Waals surface area contributed by atoms with Crippen molar-refractivity contribution in [2.75, 3.05) is 18.6 Å². The van der Waals surface area contributed by atoms with Crippen molar-refractivity contribution in [1.29, 1.82) is 0 Å². The van der Waals surface area contributed by atoms with Gasteiger partial charge in [0.1, 0.15) is 22.0 Å². The monoisotopic (exact) mass is 574 g/mol. The van der Waals surface area contributed by atoms with Gasteiger partial charge in [-0.05, 0) is 50.1 Å². The number of Topliss-reactive ketones (excluding diaryl/α,β-unsaturated/α-hetero) is 1. The van der Waals surface area contributed by atoms with E-state index < -0.39 is 23.7 Å². The number of benzene rings is 1. The number of carbonyl (C=O) groups excluding carboxylic acids is 3. The molecular formula is C30H30N4O6S. The maximum absolute atomic E-state index is 13.7. The van der Waals surface area contributed by atoms with Crippen LogP contribution in [-0.4, -0.2) is 50.9 Å². The molecule has 0 spiro atoms. The summed E-state index contributed by atoms with van der Waals surface area (Å²) in [5.41, 5.74) is 2.17. The maximum Gasteiger partial charge on any atom is 0.350 e. The molecule has 4 aromatic rings. The van der Waals surface area contributed by atoms with E-state index in [9.17, 15) is 19.5 Å². The second-order valence-corrected chi connectivity index (χ2v) is 10.7. The van der Waals surface area contributed by atoms with Crippen molar-refractivity contribution >= 4 is 45.5 Å². The van der Waals surface area contributed by atoms with Crippen LogP contribution in [0.5, 0.6) is 5.75 Å². The number of hydrogen-bond donors (Lipinski definition) is 1. The Morgan fingerprint density at radius 3 is 2.63 bits per heavy atom. The van der Waals surface area contributed by atoms with Gasteiger partial charge in [0.25, 0.3) is 5.78 Å². The number of aliphatic hydroxyl groups excluding tert-OH is 1. The molecule has 0 bridgehead atoms. The van der Waals surface area contributed by atoms with E-state index in [0.29, 0.717) is 40.6 Å². The van der Waals surface area contributed by atoms with Gasteiger partial charge in [0.2, 0.25) is 0 Å². The Morgan fingerprint density at radius 1 is 1.07 bits per heavy atom. The van der Waals surface area contributed by atoms with E-state index in [1.165, 1.54) is 12.0 Å². The third kappa shape index (κ3) is 5.08. The molecule has 41 heavy (non-hydrogen) atoms. The zero-order valence-corrected chi connectivity index (χ0v) is 24.0. The number of hydrogen-bond acceptors (Lipinski definition) is 9. The number of carbonyl (C=O) groups is 3. The van der Waals surface area contributed by atoms with Crippen LogP contribution in [0.1, 0.15) is 64.5 Å². The van der Waals surface area contributed by atoms with Gasteiger partial charge in [-0.25, -0.2) is 14.8 Å². The molecule has 4 heterocycles. The Morgan fingerprint density at radius 2 is 1.88 bits per heavy atom. The molecule has 1 amide bonds. The molecule has 11 heteroatoms. The van der Waals surface area contributed by atoms with Crippen LogP contribution < -0.4 is 9.64 Å². The molecule has 1 aromatic carbocycles. The molecule has 1 N–H and O–H groups in total. The molecule has 212 valence electrons. The molecule has 0 saturated carbocycles. The molecule has 10 nitrogen and oxygen atoms in total. The number of nitrogens with zero attached hydrogens (tertiary/aromatic N) is 4. The fourth-order valence-corrected chi connectivity index (χ4v) is 5.97. The SMILES string of the molecule is CCCCCOc1cccc(C2C(=C(O)c3c(C)nc4ccccn34)C(=O)C(=O)N2c2nc(C)c(C(=O)OC)s2)c1. The molecule has 0 radical (unpaired) electrons. The number of ether oxygens (including phenoxy) is 2. The lowest BCUT2D eigenvalue weighted by Gasteiger charge is -2.23. The fourth-order valence-electron chi connectivity index (χ4n) is 4.96. The molecule has 5 rings (SSSR count). The lowest BCUT2D eigenvalue weighted by Crippen LogP contribution is -2.29. The third-order valence-electron chi connectivity index (χ3n) is 6.93. The van der Waals surface area contributed by atoms with Crippen LogP contribution in [-0.2, 0) is 14.3 Å². The largest absolute Gasteiger partial charge is 0.505 e. The summed E-state index contributed by atoms with van der Waals surface area (Å²) in [6, 6.07) is 11.4. The van der Waals surface area contributed by atoms with Crippen LogP contribution in [0.15, 0.2) is 54.2 Å². The van der Waals surface area contributed by atoms with Crippen molar-refractivity contribution in [2.45, 2.75) is 46.1 Å². The molecule has 1 aliphatic heterocycles. The Kier molecular flexibility index (Phi) is 7.89. The van der Waals surface area contributed by atoms with Crippen molar-refractivity contribution in [3.05, 3.63) is 81.8 Å². The number of esters is 1. The number of imidazole rings is 1. The average Bonchev–Trinajstić information content (AvgIpc) is 3.60. The molecule has 0 aliphatic carbocycles. The second kappa shape index (κ2) is 11.5. The highest BCUT2D eigenvalue weighted by atomic mass is 32.1. The standard InChI is InChI=1S/C30H30N4O6S/c1-5-6-9-15-40-20-12-10-11-19(16-20)24-22(25(35)23-17(2)31-21-13-7-8-14-33(21)23)26(36)28(37)34(24)30-32-18(3)27(41-30)29(38)39-4/h7-8,10-14,16,24,35H,5-6,9,15H2,1-4H3. The van der Waals surface area contributed by atoms with E-state index in [2.05, 4.69) is 16.9 Å². The van der Waals surface area contributed by atoms with Gasteiger partial charge >= 0.3 is 11.9 Å². The van der Waals surface area contributed by atoms with Crippen LogP contribution >= 0.6 is 11.3 Å². The number of unbranched alkanes of at least 4 members (excludes halogenated alkanes) is 2. The second-order valence-electron chi connectivity index (χ2n) is 9.67. The minimum absolute atomic E-state index is 0.112. The Hall–Kier alpha value is -4.51. The number of aryl methyl sites for hydroxylation is 2. The summed E-state index contributed by atoms with van der Waals surface area (Å²) in [6.07, 6.45) is 4.71. The number of fused-ring (bicyclic) bond motifs is 1. The summed E-state index contributed by atoms with van der Waals surface area (Å²) in [5, 5.41) is 11.9. The predicted octanol–water partition coefficient (Wildman–Crippen LogP) is 5.39. The van der Waals surface area contributed by atoms with Crippen LogP contribution in [0.4, 0.5) is 5.13 Å². The Labute approximate surface area is 240 Å². The zero-order valence-electron chi connectivity index (χ0n) is 23.2. The highest BCUT2D eigenvalue weighted by Crippen LogP contribution is 2.44. The first-order chi connectivity index (χ1) is 19.8. The highest BCUT2D eigenvalue weighted by molar-refractivity contribution is 7.17. The summed E-state index contributed by atoms with van der Waals surface area (Å²) in [4.78, 5) is 50.1. The van der Waals surface area contributed by atoms with Crippen molar-refractivity contribution in [3.8, 4) is 5.75 Å². The minimum Gasteiger partial charge on any atom is -0.505 e. The van der Waals surface area contributed by atoms with Crippen LogP contribution in [0.2, 0.25) is 0 Å². The van der Waals surface area contributed by atoms with Crippen molar-refractivity contribution < 1.29 is 29.0 Å². The van der Waals surface area contributed by atoms with Crippen molar-refractivity contribution in [2.24, 2.45) is 0 Å². The van der Waals surface area contributed by atoms with Gasteiger partial charge in [-0.2, -0.15) is 0 Å². The third-order valence-corrected chi connectivity index (χ3v) is 8.06. The minimum atomic E-state index is -1.04. The van der Waals surface area contributed by atoms with Gasteiger partial charge in [-0.15, -0.1) is 0 Å². The van der Waals surface area contributed by atoms with Gasteiger partial charge in [0.05, 0.1) is 36.7 Å². The summed E-state index contributed by atoms with van der Waals surface area (Å²) in [5.74, 6) is -2.13. The number of aromatic nitrogens is 3. The van der Waals surface area contributed by atoms with Gasteiger partial charge in [0, 0.05) is 6.20 Å². The zero-order chi connectivity index (χ0) is 29.3. The molecule has 1 aliphatic rings. The van der Waals surface area contributed by atoms with E-state index in [-0.39, 0.29) is 21.3 Å². The number of ketones is 1. The predicted molar refractivity (Wildman–Crippen MR) is 154 cm³/mol. The van der Waals surface area contributed by atoms with E-state index in [1.54, 1.807) is 60.8 Å². The first-order valence-corrected chi connectivity index (χ1v) is 14.1. The number of amides is 1. The molecule has 1 saturated heterocycles. The number of anilines is 1. The van der Waals surface area contributed by atoms with Crippen LogP contribution in [0.3, 0.4) is 0 Å². The smallest absolute Gasteiger partial charge is 0.350 e. The van der Waals surface area contributed by atoms with E-state index in [4.69, 9.17) is 9.47 Å². The van der Waals surface area contributed by atoms with E-state index in [1.807, 2.05) is 6.07 Å². The van der Waals surface area contributed by atoms with E-state index >= 15 is 0 Å². The summed E-state index contributed by atoms with van der Waals surface area (Å²) >= 11 is 0.948. The number of rotatable bonds is 9. The number of aliphatic hydroxyl groups is 1.